The monoisotopic (exact) mass is 383 g/mol. The van der Waals surface area contributed by atoms with E-state index in [4.69, 9.17) is 23.8 Å². The molecule has 0 fully saturated rings. The first kappa shape index (κ1) is 16.2. The zero-order valence-corrected chi connectivity index (χ0v) is 14.8. The standard InChI is InChI=1S/C15H15BrClN3S/c1-9-12(17)8-18-14(13(9)16)20-15(21)19-10(2)11-6-4-3-5-7-11/h3-8,10H,1-2H3,(H2,18,19,20,21)/t10-/m1/s1. The van der Waals surface area contributed by atoms with E-state index in [1.807, 2.05) is 25.1 Å². The van der Waals surface area contributed by atoms with Gasteiger partial charge in [-0.3, -0.25) is 0 Å². The fourth-order valence-corrected chi connectivity index (χ4v) is 2.76. The molecule has 110 valence electrons. The van der Waals surface area contributed by atoms with Crippen LogP contribution in [0.2, 0.25) is 5.02 Å². The molecular weight excluding hydrogens is 370 g/mol. The number of nitrogens with zero attached hydrogens (tertiary/aromatic N) is 1. The second-order valence-electron chi connectivity index (χ2n) is 4.62. The summed E-state index contributed by atoms with van der Waals surface area (Å²) in [7, 11) is 0. The maximum atomic E-state index is 6.02. The summed E-state index contributed by atoms with van der Waals surface area (Å²) in [6, 6.07) is 10.2. The summed E-state index contributed by atoms with van der Waals surface area (Å²) in [5, 5.41) is 7.44. The molecule has 6 heteroatoms. The quantitative estimate of drug-likeness (QED) is 0.742. The van der Waals surface area contributed by atoms with E-state index in [2.05, 4.69) is 50.6 Å². The number of nitrogens with one attached hydrogen (secondary N) is 2. The van der Waals surface area contributed by atoms with Gasteiger partial charge in [-0.25, -0.2) is 4.98 Å². The van der Waals surface area contributed by atoms with Crippen LogP contribution in [0.25, 0.3) is 0 Å². The molecule has 0 saturated heterocycles. The number of rotatable bonds is 3. The highest BCUT2D eigenvalue weighted by molar-refractivity contribution is 9.10. The Labute approximate surface area is 143 Å². The summed E-state index contributed by atoms with van der Waals surface area (Å²) < 4.78 is 0.812. The summed E-state index contributed by atoms with van der Waals surface area (Å²) in [5.74, 6) is 0.648. The van der Waals surface area contributed by atoms with E-state index in [0.29, 0.717) is 16.0 Å². The molecule has 1 atom stereocenters. The van der Waals surface area contributed by atoms with Crippen molar-refractivity contribution in [1.29, 1.82) is 0 Å². The number of aromatic nitrogens is 1. The van der Waals surface area contributed by atoms with Crippen molar-refractivity contribution >= 4 is 50.7 Å². The Hall–Kier alpha value is -1.17. The second kappa shape index (κ2) is 7.20. The molecule has 0 unspecified atom stereocenters. The Morgan fingerprint density at radius 3 is 2.67 bits per heavy atom. The van der Waals surface area contributed by atoms with E-state index < -0.39 is 0 Å². The average molecular weight is 385 g/mol. The minimum absolute atomic E-state index is 0.110. The van der Waals surface area contributed by atoms with Crippen molar-refractivity contribution in [2.24, 2.45) is 0 Å². The van der Waals surface area contributed by atoms with Crippen molar-refractivity contribution in [3.63, 3.8) is 0 Å². The Bertz CT molecular complexity index is 649. The smallest absolute Gasteiger partial charge is 0.172 e. The van der Waals surface area contributed by atoms with E-state index in [1.54, 1.807) is 6.20 Å². The van der Waals surface area contributed by atoms with Crippen LogP contribution in [0.4, 0.5) is 5.82 Å². The van der Waals surface area contributed by atoms with Crippen LogP contribution < -0.4 is 10.6 Å². The molecule has 0 aliphatic carbocycles. The molecule has 2 rings (SSSR count). The first-order valence-electron chi connectivity index (χ1n) is 6.42. The predicted octanol–water partition coefficient (Wildman–Crippen LogP) is 4.85. The van der Waals surface area contributed by atoms with Gasteiger partial charge in [0.15, 0.2) is 5.11 Å². The molecular formula is C15H15BrClN3S. The van der Waals surface area contributed by atoms with E-state index in [0.717, 1.165) is 10.0 Å². The van der Waals surface area contributed by atoms with Crippen LogP contribution in [0.1, 0.15) is 24.1 Å². The van der Waals surface area contributed by atoms with Crippen molar-refractivity contribution in [2.75, 3.05) is 5.32 Å². The molecule has 3 nitrogen and oxygen atoms in total. The zero-order chi connectivity index (χ0) is 15.4. The number of anilines is 1. The van der Waals surface area contributed by atoms with Crippen LogP contribution in [0.15, 0.2) is 41.0 Å². The molecule has 0 radical (unpaired) electrons. The Morgan fingerprint density at radius 1 is 1.33 bits per heavy atom. The molecule has 2 aromatic rings. The molecule has 1 aromatic carbocycles. The van der Waals surface area contributed by atoms with Crippen molar-refractivity contribution < 1.29 is 0 Å². The number of thiocarbonyl (C=S) groups is 1. The topological polar surface area (TPSA) is 37.0 Å². The van der Waals surface area contributed by atoms with Crippen LogP contribution in [-0.4, -0.2) is 10.1 Å². The molecule has 0 aliphatic rings. The van der Waals surface area contributed by atoms with Crippen LogP contribution >= 0.6 is 39.7 Å². The fraction of sp³-hybridized carbons (Fsp3) is 0.200. The summed E-state index contributed by atoms with van der Waals surface area (Å²) in [6.07, 6.45) is 1.60. The molecule has 0 spiro atoms. The summed E-state index contributed by atoms with van der Waals surface area (Å²) in [4.78, 5) is 4.24. The number of hydrogen-bond acceptors (Lipinski definition) is 2. The van der Waals surface area contributed by atoms with Gasteiger partial charge in [0.05, 0.1) is 15.5 Å². The fourth-order valence-electron chi connectivity index (χ4n) is 1.81. The lowest BCUT2D eigenvalue weighted by atomic mass is 10.1. The van der Waals surface area contributed by atoms with Crippen molar-refractivity contribution in [1.82, 2.24) is 10.3 Å². The predicted molar refractivity (Wildman–Crippen MR) is 95.9 cm³/mol. The highest BCUT2D eigenvalue weighted by Gasteiger charge is 2.11. The highest BCUT2D eigenvalue weighted by atomic mass is 79.9. The molecule has 0 aliphatic heterocycles. The third kappa shape index (κ3) is 4.15. The van der Waals surface area contributed by atoms with Gasteiger partial charge in [-0.05, 0) is 53.1 Å². The van der Waals surface area contributed by atoms with Gasteiger partial charge in [0, 0.05) is 6.20 Å². The van der Waals surface area contributed by atoms with E-state index in [9.17, 15) is 0 Å². The van der Waals surface area contributed by atoms with Gasteiger partial charge in [0.25, 0.3) is 0 Å². The normalized spacial score (nSPS) is 11.8. The summed E-state index contributed by atoms with van der Waals surface area (Å²) >= 11 is 14.8. The Morgan fingerprint density at radius 2 is 2.00 bits per heavy atom. The van der Waals surface area contributed by atoms with Crippen LogP contribution in [0, 0.1) is 6.92 Å². The van der Waals surface area contributed by atoms with Crippen LogP contribution in [-0.2, 0) is 0 Å². The summed E-state index contributed by atoms with van der Waals surface area (Å²) in [5.41, 5.74) is 2.09. The molecule has 0 saturated carbocycles. The Kier molecular flexibility index (Phi) is 5.56. The zero-order valence-electron chi connectivity index (χ0n) is 11.7. The van der Waals surface area contributed by atoms with Gasteiger partial charge in [-0.15, -0.1) is 0 Å². The minimum Gasteiger partial charge on any atom is -0.356 e. The minimum atomic E-state index is 0.110. The first-order chi connectivity index (χ1) is 9.99. The molecule has 0 bridgehead atoms. The molecule has 2 N–H and O–H groups in total. The Balaban J connectivity index is 2.04. The van der Waals surface area contributed by atoms with Crippen LogP contribution in [0.3, 0.4) is 0 Å². The van der Waals surface area contributed by atoms with Gasteiger partial charge in [0.2, 0.25) is 0 Å². The summed E-state index contributed by atoms with van der Waals surface area (Å²) in [6.45, 7) is 3.97. The van der Waals surface area contributed by atoms with E-state index in [1.165, 1.54) is 5.56 Å². The third-order valence-corrected chi connectivity index (χ3v) is 4.65. The van der Waals surface area contributed by atoms with Gasteiger partial charge in [0.1, 0.15) is 5.82 Å². The van der Waals surface area contributed by atoms with Crippen molar-refractivity contribution in [3.8, 4) is 0 Å². The molecule has 21 heavy (non-hydrogen) atoms. The average Bonchev–Trinajstić information content (AvgIpc) is 2.49. The lowest BCUT2D eigenvalue weighted by Gasteiger charge is -2.18. The van der Waals surface area contributed by atoms with Gasteiger partial charge < -0.3 is 10.6 Å². The van der Waals surface area contributed by atoms with E-state index in [-0.39, 0.29) is 6.04 Å². The number of benzene rings is 1. The van der Waals surface area contributed by atoms with E-state index >= 15 is 0 Å². The largest absolute Gasteiger partial charge is 0.356 e. The van der Waals surface area contributed by atoms with Gasteiger partial charge in [-0.1, -0.05) is 41.9 Å². The lowest BCUT2D eigenvalue weighted by molar-refractivity contribution is 0.722. The maximum absolute atomic E-state index is 6.02. The SMILES string of the molecule is Cc1c(Cl)cnc(NC(=S)N[C@H](C)c2ccccc2)c1Br. The van der Waals surface area contributed by atoms with Gasteiger partial charge in [-0.2, -0.15) is 0 Å². The highest BCUT2D eigenvalue weighted by Crippen LogP contribution is 2.29. The van der Waals surface area contributed by atoms with Crippen LogP contribution in [0.5, 0.6) is 0 Å². The van der Waals surface area contributed by atoms with Crippen molar-refractivity contribution in [2.45, 2.75) is 19.9 Å². The molecule has 0 amide bonds. The van der Waals surface area contributed by atoms with Gasteiger partial charge >= 0.3 is 0 Å². The number of pyridine rings is 1. The number of hydrogen-bond donors (Lipinski definition) is 2. The second-order valence-corrected chi connectivity index (χ2v) is 6.23. The van der Waals surface area contributed by atoms with Crippen molar-refractivity contribution in [3.05, 3.63) is 57.2 Å². The lowest BCUT2D eigenvalue weighted by Crippen LogP contribution is -2.31. The molecule has 1 aromatic heterocycles. The third-order valence-electron chi connectivity index (χ3n) is 3.08. The first-order valence-corrected chi connectivity index (χ1v) is 8.00. The molecule has 1 heterocycles. The number of halogens is 2. The maximum Gasteiger partial charge on any atom is 0.172 e.